The Bertz CT molecular complexity index is 1260. The molecular weight excluding hydrogens is 499 g/mol. The van der Waals surface area contributed by atoms with Crippen LogP contribution in [0.15, 0.2) is 70.0 Å². The van der Waals surface area contributed by atoms with Crippen molar-refractivity contribution in [2.45, 2.75) is 18.0 Å². The summed E-state index contributed by atoms with van der Waals surface area (Å²) in [5.74, 6) is -0.845. The molecule has 3 rings (SSSR count). The van der Waals surface area contributed by atoms with Gasteiger partial charge >= 0.3 is 6.18 Å². The van der Waals surface area contributed by atoms with Crippen molar-refractivity contribution in [3.05, 3.63) is 81.0 Å². The summed E-state index contributed by atoms with van der Waals surface area (Å²) >= 11 is 7.04. The van der Waals surface area contributed by atoms with Crippen molar-refractivity contribution in [3.63, 3.8) is 0 Å². The number of carbonyl (C=O) groups excluding carboxylic acids is 1. The lowest BCUT2D eigenvalue weighted by molar-refractivity contribution is -0.137. The van der Waals surface area contributed by atoms with Gasteiger partial charge in [-0.3, -0.25) is 9.10 Å². The normalized spacial score (nSPS) is 12.2. The molecule has 0 saturated carbocycles. The molecule has 12 heteroatoms. The van der Waals surface area contributed by atoms with Gasteiger partial charge in [-0.1, -0.05) is 35.4 Å². The SMILES string of the molecule is Cc1ccc(S(=O)(=O)N(CC(=O)N/N=C\c2cccs2)c2ccc(Cl)c(C(F)(F)F)c2)cc1. The largest absolute Gasteiger partial charge is 0.417 e. The van der Waals surface area contributed by atoms with Crippen molar-refractivity contribution < 1.29 is 26.4 Å². The second-order valence-electron chi connectivity index (χ2n) is 6.80. The highest BCUT2D eigenvalue weighted by molar-refractivity contribution is 7.92. The highest BCUT2D eigenvalue weighted by atomic mass is 35.5. The van der Waals surface area contributed by atoms with Crippen LogP contribution in [0.2, 0.25) is 5.02 Å². The highest BCUT2D eigenvalue weighted by Gasteiger charge is 2.35. The molecule has 33 heavy (non-hydrogen) atoms. The fraction of sp³-hybridized carbons (Fsp3) is 0.143. The van der Waals surface area contributed by atoms with Gasteiger partial charge in [-0.15, -0.1) is 11.3 Å². The van der Waals surface area contributed by atoms with Gasteiger partial charge in [-0.05, 0) is 48.7 Å². The molecule has 0 aliphatic carbocycles. The molecule has 1 amide bonds. The van der Waals surface area contributed by atoms with E-state index in [0.29, 0.717) is 10.4 Å². The molecule has 0 fully saturated rings. The number of amides is 1. The molecule has 0 radical (unpaired) electrons. The Balaban J connectivity index is 1.98. The van der Waals surface area contributed by atoms with Gasteiger partial charge in [0, 0.05) is 4.88 Å². The van der Waals surface area contributed by atoms with Crippen LogP contribution in [0.3, 0.4) is 0 Å². The summed E-state index contributed by atoms with van der Waals surface area (Å²) in [5.41, 5.74) is 1.39. The smallest absolute Gasteiger partial charge is 0.271 e. The summed E-state index contributed by atoms with van der Waals surface area (Å²) in [5, 5.41) is 4.97. The van der Waals surface area contributed by atoms with Crippen LogP contribution in [-0.2, 0) is 21.0 Å². The molecule has 0 unspecified atom stereocenters. The lowest BCUT2D eigenvalue weighted by Crippen LogP contribution is -2.39. The molecule has 0 aliphatic heterocycles. The van der Waals surface area contributed by atoms with Gasteiger partial charge < -0.3 is 0 Å². The van der Waals surface area contributed by atoms with E-state index < -0.39 is 39.2 Å². The molecule has 1 heterocycles. The van der Waals surface area contributed by atoms with Gasteiger partial charge in [0.05, 0.1) is 27.4 Å². The highest BCUT2D eigenvalue weighted by Crippen LogP contribution is 2.38. The van der Waals surface area contributed by atoms with Crippen LogP contribution >= 0.6 is 22.9 Å². The third-order valence-corrected chi connectivity index (χ3v) is 7.29. The second kappa shape index (κ2) is 9.94. The predicted octanol–water partition coefficient (Wildman–Crippen LogP) is 5.07. The van der Waals surface area contributed by atoms with Gasteiger partial charge in [0.15, 0.2) is 0 Å². The summed E-state index contributed by atoms with van der Waals surface area (Å²) < 4.78 is 67.3. The van der Waals surface area contributed by atoms with Crippen molar-refractivity contribution >= 4 is 50.8 Å². The third-order valence-electron chi connectivity index (χ3n) is 4.36. The minimum absolute atomic E-state index is 0.188. The van der Waals surface area contributed by atoms with Crippen LogP contribution in [0, 0.1) is 6.92 Å². The van der Waals surface area contributed by atoms with Crippen molar-refractivity contribution in [2.24, 2.45) is 5.10 Å². The molecule has 0 atom stereocenters. The molecular formula is C21H17ClF3N3O3S2. The lowest BCUT2D eigenvalue weighted by atomic mass is 10.2. The van der Waals surface area contributed by atoms with Crippen LogP contribution < -0.4 is 9.73 Å². The quantitative estimate of drug-likeness (QED) is 0.352. The number of carbonyl (C=O) groups is 1. The first-order valence-electron chi connectivity index (χ1n) is 9.30. The zero-order valence-electron chi connectivity index (χ0n) is 17.0. The summed E-state index contributed by atoms with van der Waals surface area (Å²) in [6, 6.07) is 11.9. The van der Waals surface area contributed by atoms with Gasteiger partial charge in [0.2, 0.25) is 0 Å². The van der Waals surface area contributed by atoms with Gasteiger partial charge in [-0.25, -0.2) is 13.8 Å². The summed E-state index contributed by atoms with van der Waals surface area (Å²) in [7, 11) is -4.40. The van der Waals surface area contributed by atoms with Crippen molar-refractivity contribution in [1.29, 1.82) is 0 Å². The standard InChI is InChI=1S/C21H17ClF3N3O3S2/c1-14-4-7-17(8-5-14)33(30,31)28(13-20(29)27-26-12-16-3-2-10-32-16)15-6-9-19(22)18(11-15)21(23,24)25/h2-12H,13H2,1H3,(H,27,29)/b26-12-. The summed E-state index contributed by atoms with van der Waals surface area (Å²) in [6.45, 7) is 0.943. The number of hydrogen-bond donors (Lipinski definition) is 1. The monoisotopic (exact) mass is 515 g/mol. The van der Waals surface area contributed by atoms with Gasteiger partial charge in [0.25, 0.3) is 15.9 Å². The number of hydrazone groups is 1. The van der Waals surface area contributed by atoms with Crippen LogP contribution in [0.1, 0.15) is 16.0 Å². The number of nitrogens with zero attached hydrogens (tertiary/aromatic N) is 2. The second-order valence-corrected chi connectivity index (χ2v) is 10.0. The minimum Gasteiger partial charge on any atom is -0.271 e. The van der Waals surface area contributed by atoms with Crippen molar-refractivity contribution in [1.82, 2.24) is 5.43 Å². The minimum atomic E-state index is -4.82. The van der Waals surface area contributed by atoms with E-state index >= 15 is 0 Å². The number of hydrogen-bond acceptors (Lipinski definition) is 5. The Labute approximate surface area is 197 Å². The van der Waals surface area contributed by atoms with Crippen LogP contribution in [0.25, 0.3) is 0 Å². The van der Waals surface area contributed by atoms with E-state index in [1.165, 1.54) is 29.7 Å². The molecule has 0 spiro atoms. The van der Waals surface area contributed by atoms with E-state index in [1.807, 2.05) is 0 Å². The molecule has 6 nitrogen and oxygen atoms in total. The number of sulfonamides is 1. The van der Waals surface area contributed by atoms with Crippen LogP contribution in [0.5, 0.6) is 0 Å². The Kier molecular flexibility index (Phi) is 7.45. The van der Waals surface area contributed by atoms with Gasteiger partial charge in [0.1, 0.15) is 6.54 Å². The molecule has 3 aromatic rings. The zero-order chi connectivity index (χ0) is 24.2. The van der Waals surface area contributed by atoms with Crippen LogP contribution in [-0.4, -0.2) is 27.1 Å². The average molecular weight is 516 g/mol. The number of aryl methyl sites for hydroxylation is 1. The zero-order valence-corrected chi connectivity index (χ0v) is 19.4. The molecule has 1 aromatic heterocycles. The first-order valence-corrected chi connectivity index (χ1v) is 12.0. The fourth-order valence-corrected chi connectivity index (χ4v) is 4.96. The van der Waals surface area contributed by atoms with E-state index in [-0.39, 0.29) is 10.6 Å². The molecule has 0 bridgehead atoms. The van der Waals surface area contributed by atoms with Crippen molar-refractivity contribution in [3.8, 4) is 0 Å². The Morgan fingerprint density at radius 2 is 1.88 bits per heavy atom. The Morgan fingerprint density at radius 1 is 1.18 bits per heavy atom. The van der Waals surface area contributed by atoms with E-state index in [9.17, 15) is 26.4 Å². The number of anilines is 1. The molecule has 0 aliphatic rings. The van der Waals surface area contributed by atoms with E-state index in [1.54, 1.807) is 36.6 Å². The average Bonchev–Trinajstić information content (AvgIpc) is 3.25. The summed E-state index contributed by atoms with van der Waals surface area (Å²) in [6.07, 6.45) is -3.45. The predicted molar refractivity (Wildman–Crippen MR) is 122 cm³/mol. The number of rotatable bonds is 7. The first-order chi connectivity index (χ1) is 15.5. The maximum absolute atomic E-state index is 13.4. The lowest BCUT2D eigenvalue weighted by Gasteiger charge is -2.25. The molecule has 0 saturated heterocycles. The summed E-state index contributed by atoms with van der Waals surface area (Å²) in [4.78, 5) is 13.0. The first kappa shape index (κ1) is 24.7. The molecule has 174 valence electrons. The van der Waals surface area contributed by atoms with E-state index in [4.69, 9.17) is 11.6 Å². The van der Waals surface area contributed by atoms with E-state index in [0.717, 1.165) is 22.6 Å². The molecule has 2 aromatic carbocycles. The topological polar surface area (TPSA) is 78.8 Å². The Hall–Kier alpha value is -2.89. The van der Waals surface area contributed by atoms with E-state index in [2.05, 4.69) is 10.5 Å². The van der Waals surface area contributed by atoms with Gasteiger partial charge in [-0.2, -0.15) is 18.3 Å². The number of nitrogens with one attached hydrogen (secondary N) is 1. The maximum atomic E-state index is 13.4. The fourth-order valence-electron chi connectivity index (χ4n) is 2.74. The molecule has 1 N–H and O–H groups in total. The number of benzene rings is 2. The maximum Gasteiger partial charge on any atom is 0.417 e. The van der Waals surface area contributed by atoms with Crippen molar-refractivity contribution in [2.75, 3.05) is 10.8 Å². The number of thiophene rings is 1. The number of alkyl halides is 3. The van der Waals surface area contributed by atoms with Crippen LogP contribution in [0.4, 0.5) is 18.9 Å². The third kappa shape index (κ3) is 6.12. The Morgan fingerprint density at radius 3 is 2.48 bits per heavy atom. The number of halogens is 4.